The predicted molar refractivity (Wildman–Crippen MR) is 160 cm³/mol. The van der Waals surface area contributed by atoms with Crippen LogP contribution in [0.4, 0.5) is 24.5 Å². The molecule has 0 saturated heterocycles. The van der Waals surface area contributed by atoms with E-state index >= 15 is 0 Å². The zero-order chi connectivity index (χ0) is 28.6. The lowest BCUT2D eigenvalue weighted by molar-refractivity contribution is -0.137. The number of para-hydroxylation sites is 2. The van der Waals surface area contributed by atoms with Gasteiger partial charge in [-0.05, 0) is 51.4 Å². The summed E-state index contributed by atoms with van der Waals surface area (Å²) in [6, 6.07) is 18.6. The molecule has 1 aliphatic heterocycles. The van der Waals surface area contributed by atoms with Gasteiger partial charge in [0.1, 0.15) is 0 Å². The highest BCUT2D eigenvalue weighted by molar-refractivity contribution is 6.81. The van der Waals surface area contributed by atoms with Crippen LogP contribution in [0.1, 0.15) is 107 Å². The van der Waals surface area contributed by atoms with Crippen molar-refractivity contribution >= 4 is 23.8 Å². The first-order valence-electron chi connectivity index (χ1n) is 14.0. The highest BCUT2D eigenvalue weighted by Gasteiger charge is 2.41. The third-order valence-electron chi connectivity index (χ3n) is 7.65. The van der Waals surface area contributed by atoms with E-state index in [0.717, 1.165) is 16.8 Å². The van der Waals surface area contributed by atoms with Gasteiger partial charge in [0.05, 0.1) is 5.56 Å². The third-order valence-corrected chi connectivity index (χ3v) is 7.65. The first-order valence-corrected chi connectivity index (χ1v) is 14.0. The second-order valence-electron chi connectivity index (χ2n) is 11.8. The van der Waals surface area contributed by atoms with Crippen molar-refractivity contribution in [2.75, 3.05) is 9.62 Å². The molecule has 0 bridgehead atoms. The Morgan fingerprint density at radius 3 is 1.15 bits per heavy atom. The summed E-state index contributed by atoms with van der Waals surface area (Å²) in [5, 5.41) is 0. The van der Waals surface area contributed by atoms with Gasteiger partial charge in [0, 0.05) is 23.8 Å². The molecule has 0 aromatic heterocycles. The molecule has 39 heavy (non-hydrogen) atoms. The zero-order valence-corrected chi connectivity index (χ0v) is 24.3. The summed E-state index contributed by atoms with van der Waals surface area (Å²) >= 11 is 0. The summed E-state index contributed by atoms with van der Waals surface area (Å²) in [6.07, 6.45) is -0.163. The molecule has 0 amide bonds. The number of rotatable bonds is 7. The molecule has 206 valence electrons. The normalized spacial score (nSPS) is 14.2. The van der Waals surface area contributed by atoms with Gasteiger partial charge in [0.25, 0.3) is 0 Å². The van der Waals surface area contributed by atoms with Crippen molar-refractivity contribution in [2.45, 2.75) is 85.2 Å². The summed E-state index contributed by atoms with van der Waals surface area (Å²) in [7, 11) is 0. The van der Waals surface area contributed by atoms with Gasteiger partial charge in [-0.3, -0.25) is 0 Å². The number of anilines is 2. The molecule has 1 aliphatic rings. The highest BCUT2D eigenvalue weighted by Crippen LogP contribution is 2.42. The van der Waals surface area contributed by atoms with Gasteiger partial charge in [-0.25, -0.2) is 0 Å². The largest absolute Gasteiger partial charge is 0.419 e. The maximum atomic E-state index is 13.5. The van der Waals surface area contributed by atoms with Crippen molar-refractivity contribution in [3.05, 3.63) is 101 Å². The molecule has 3 aromatic carbocycles. The molecule has 4 rings (SSSR count). The molecule has 3 aromatic rings. The van der Waals surface area contributed by atoms with Crippen molar-refractivity contribution < 1.29 is 13.2 Å². The van der Waals surface area contributed by atoms with Crippen LogP contribution in [-0.2, 0) is 6.18 Å². The van der Waals surface area contributed by atoms with E-state index in [1.54, 1.807) is 12.1 Å². The van der Waals surface area contributed by atoms with Gasteiger partial charge in [-0.1, -0.05) is 116 Å². The van der Waals surface area contributed by atoms with Crippen molar-refractivity contribution in [1.29, 1.82) is 0 Å². The fourth-order valence-corrected chi connectivity index (χ4v) is 5.62. The van der Waals surface area contributed by atoms with Crippen molar-refractivity contribution in [3.8, 4) is 0 Å². The molecule has 0 radical (unpaired) electrons. The molecule has 2 nitrogen and oxygen atoms in total. The topological polar surface area (TPSA) is 6.48 Å². The van der Waals surface area contributed by atoms with Crippen LogP contribution in [0.5, 0.6) is 0 Å². The summed E-state index contributed by atoms with van der Waals surface area (Å²) in [5.74, 6) is 1.12. The molecule has 0 atom stereocenters. The Balaban J connectivity index is 1.99. The number of alkyl halides is 3. The van der Waals surface area contributed by atoms with E-state index < -0.39 is 11.7 Å². The molecule has 0 N–H and O–H groups in total. The van der Waals surface area contributed by atoms with E-state index in [-0.39, 0.29) is 30.7 Å². The SMILES string of the molecule is CC(C)c1cccc(C(C)C)c1N1C=CN(c2c(C(C)C)cccc2C(C)C)B1c1ccc(C(F)(F)F)cc1. The third kappa shape index (κ3) is 5.62. The van der Waals surface area contributed by atoms with E-state index in [9.17, 15) is 13.2 Å². The van der Waals surface area contributed by atoms with Gasteiger partial charge >= 0.3 is 13.2 Å². The maximum Gasteiger partial charge on any atom is 0.419 e. The Bertz CT molecular complexity index is 1200. The minimum Gasteiger partial charge on any atom is -0.366 e. The molecular weight excluding hydrogens is 492 g/mol. The number of hydrogen-bond acceptors (Lipinski definition) is 2. The molecule has 0 spiro atoms. The van der Waals surface area contributed by atoms with Crippen LogP contribution < -0.4 is 15.1 Å². The standard InChI is InChI=1S/C33H40BF3N2/c1-21(2)27-11-9-12-28(22(3)4)31(27)38-19-20-39(32-29(23(5)6)13-10-14-30(32)24(7)8)34(38)26-17-15-25(16-18-26)33(35,36)37/h9-24H,1-8H3. The number of halogens is 3. The molecule has 6 heteroatoms. The minimum absolute atomic E-state index is 0.281. The van der Waals surface area contributed by atoms with E-state index in [4.69, 9.17) is 0 Å². The molecule has 0 fully saturated rings. The molecule has 0 unspecified atom stereocenters. The van der Waals surface area contributed by atoms with Crippen LogP contribution in [0.15, 0.2) is 73.1 Å². The number of benzene rings is 3. The van der Waals surface area contributed by atoms with Gasteiger partial charge in [0.2, 0.25) is 0 Å². The fraction of sp³-hybridized carbons (Fsp3) is 0.394. The van der Waals surface area contributed by atoms with E-state index in [2.05, 4.69) is 114 Å². The quantitative estimate of drug-likeness (QED) is 0.280. The lowest BCUT2D eigenvalue weighted by Gasteiger charge is -2.36. The first kappa shape index (κ1) is 28.9. The Morgan fingerprint density at radius 1 is 0.538 bits per heavy atom. The zero-order valence-electron chi connectivity index (χ0n) is 24.3. The second kappa shape index (κ2) is 11.2. The predicted octanol–water partition coefficient (Wildman–Crippen LogP) is 9.39. The molecular formula is C33H40BF3N2. The average molecular weight is 533 g/mol. The average Bonchev–Trinajstić information content (AvgIpc) is 3.31. The van der Waals surface area contributed by atoms with Crippen molar-refractivity contribution in [3.63, 3.8) is 0 Å². The lowest BCUT2D eigenvalue weighted by atomic mass is 9.63. The Hall–Kier alpha value is -3.15. The fourth-order valence-electron chi connectivity index (χ4n) is 5.62. The Morgan fingerprint density at radius 2 is 0.872 bits per heavy atom. The Kier molecular flexibility index (Phi) is 8.25. The van der Waals surface area contributed by atoms with E-state index in [0.29, 0.717) is 0 Å². The number of nitrogens with zero attached hydrogens (tertiary/aromatic N) is 2. The van der Waals surface area contributed by atoms with Crippen molar-refractivity contribution in [1.82, 2.24) is 0 Å². The minimum atomic E-state index is -4.38. The van der Waals surface area contributed by atoms with Crippen LogP contribution in [0.2, 0.25) is 0 Å². The summed E-state index contributed by atoms with van der Waals surface area (Å²) < 4.78 is 40.5. The smallest absolute Gasteiger partial charge is 0.366 e. The highest BCUT2D eigenvalue weighted by atomic mass is 19.4. The van der Waals surface area contributed by atoms with Crippen LogP contribution in [0, 0.1) is 0 Å². The van der Waals surface area contributed by atoms with Crippen molar-refractivity contribution in [2.24, 2.45) is 0 Å². The summed E-state index contributed by atoms with van der Waals surface area (Å²) in [6.45, 7) is 17.2. The van der Waals surface area contributed by atoms with Crippen LogP contribution in [0.3, 0.4) is 0 Å². The lowest BCUT2D eigenvalue weighted by Crippen LogP contribution is -2.54. The monoisotopic (exact) mass is 532 g/mol. The summed E-state index contributed by atoms with van der Waals surface area (Å²) in [5.41, 5.74) is 7.37. The van der Waals surface area contributed by atoms with Gasteiger partial charge < -0.3 is 9.62 Å². The maximum absolute atomic E-state index is 13.5. The summed E-state index contributed by atoms with van der Waals surface area (Å²) in [4.78, 5) is 4.54. The van der Waals surface area contributed by atoms with Crippen LogP contribution in [0.25, 0.3) is 0 Å². The Labute approximate surface area is 232 Å². The molecule has 0 aliphatic carbocycles. The first-order chi connectivity index (χ1) is 18.3. The van der Waals surface area contributed by atoms with Crippen LogP contribution >= 0.6 is 0 Å². The van der Waals surface area contributed by atoms with E-state index in [1.807, 2.05) is 0 Å². The van der Waals surface area contributed by atoms with Gasteiger partial charge in [-0.15, -0.1) is 0 Å². The van der Waals surface area contributed by atoms with Gasteiger partial charge in [0.15, 0.2) is 0 Å². The molecule has 0 saturated carbocycles. The van der Waals surface area contributed by atoms with Gasteiger partial charge in [-0.2, -0.15) is 13.2 Å². The second-order valence-corrected chi connectivity index (χ2v) is 11.8. The van der Waals surface area contributed by atoms with Crippen LogP contribution in [-0.4, -0.2) is 6.98 Å². The molecule has 1 heterocycles. The number of hydrogen-bond donors (Lipinski definition) is 0. The van der Waals surface area contributed by atoms with E-state index in [1.165, 1.54) is 34.4 Å².